The van der Waals surface area contributed by atoms with Crippen LogP contribution in [0.5, 0.6) is 0 Å². The number of likely N-dealkylation sites (N-methyl/N-ethyl adjacent to an activating group) is 1. The van der Waals surface area contributed by atoms with Gasteiger partial charge >= 0.3 is 0 Å². The van der Waals surface area contributed by atoms with E-state index in [-0.39, 0.29) is 0 Å². The summed E-state index contributed by atoms with van der Waals surface area (Å²) in [6.45, 7) is 4.21. The molecule has 0 amide bonds. The summed E-state index contributed by atoms with van der Waals surface area (Å²) >= 11 is 0. The number of hydrogen-bond acceptors (Lipinski definition) is 3. The lowest BCUT2D eigenvalue weighted by Gasteiger charge is -2.12. The molecule has 1 aromatic heterocycles. The topological polar surface area (TPSA) is 37.0 Å². The van der Waals surface area contributed by atoms with Gasteiger partial charge in [-0.15, -0.1) is 0 Å². The van der Waals surface area contributed by atoms with E-state index >= 15 is 0 Å². The summed E-state index contributed by atoms with van der Waals surface area (Å²) < 4.78 is 0. The zero-order valence-corrected chi connectivity index (χ0v) is 8.96. The highest BCUT2D eigenvalue weighted by atomic mass is 15.0. The molecule has 1 aromatic rings. The van der Waals surface area contributed by atoms with Gasteiger partial charge in [-0.1, -0.05) is 0 Å². The van der Waals surface area contributed by atoms with Crippen molar-refractivity contribution in [3.8, 4) is 0 Å². The Balaban J connectivity index is 2.16. The van der Waals surface area contributed by atoms with E-state index in [9.17, 15) is 0 Å². The van der Waals surface area contributed by atoms with E-state index in [1.54, 1.807) is 0 Å². The Morgan fingerprint density at radius 1 is 1.36 bits per heavy atom. The predicted molar refractivity (Wildman–Crippen MR) is 59.3 cm³/mol. The highest BCUT2D eigenvalue weighted by Crippen LogP contribution is 1.96. The Morgan fingerprint density at radius 2 is 2.07 bits per heavy atom. The second-order valence-electron chi connectivity index (χ2n) is 3.52. The molecule has 0 saturated carbocycles. The quantitative estimate of drug-likeness (QED) is 0.702. The third-order valence-electron chi connectivity index (χ3n) is 2.17. The molecule has 0 aliphatic heterocycles. The first kappa shape index (κ1) is 11.1. The molecule has 0 radical (unpaired) electrons. The molecular formula is C11H19N3. The molecule has 0 aliphatic rings. The lowest BCUT2D eigenvalue weighted by Crippen LogP contribution is -2.35. The van der Waals surface area contributed by atoms with Gasteiger partial charge in [-0.3, -0.25) is 4.98 Å². The van der Waals surface area contributed by atoms with Crippen molar-refractivity contribution in [1.82, 2.24) is 15.6 Å². The smallest absolute Gasteiger partial charge is 0.0270 e. The van der Waals surface area contributed by atoms with Crippen molar-refractivity contribution >= 4 is 0 Å². The molecule has 0 saturated heterocycles. The third kappa shape index (κ3) is 4.35. The van der Waals surface area contributed by atoms with E-state index < -0.39 is 0 Å². The van der Waals surface area contributed by atoms with Crippen LogP contribution in [0.15, 0.2) is 24.5 Å². The van der Waals surface area contributed by atoms with Crippen LogP contribution in [0.3, 0.4) is 0 Å². The van der Waals surface area contributed by atoms with Crippen molar-refractivity contribution in [1.29, 1.82) is 0 Å². The van der Waals surface area contributed by atoms with Crippen LogP contribution in [-0.4, -0.2) is 31.2 Å². The van der Waals surface area contributed by atoms with Gasteiger partial charge < -0.3 is 10.6 Å². The maximum atomic E-state index is 3.99. The fourth-order valence-electron chi connectivity index (χ4n) is 1.39. The molecule has 1 unspecified atom stereocenters. The van der Waals surface area contributed by atoms with E-state index in [2.05, 4.69) is 34.7 Å². The van der Waals surface area contributed by atoms with Crippen LogP contribution in [0.1, 0.15) is 12.5 Å². The summed E-state index contributed by atoms with van der Waals surface area (Å²) in [5.74, 6) is 0. The molecule has 1 heterocycles. The van der Waals surface area contributed by atoms with Gasteiger partial charge in [-0.25, -0.2) is 0 Å². The number of nitrogens with zero attached hydrogens (tertiary/aromatic N) is 1. The minimum atomic E-state index is 0.529. The molecule has 2 N–H and O–H groups in total. The SMILES string of the molecule is CNCC(C)NCCc1ccncc1. The van der Waals surface area contributed by atoms with Crippen LogP contribution < -0.4 is 10.6 Å². The molecule has 3 heteroatoms. The summed E-state index contributed by atoms with van der Waals surface area (Å²) in [7, 11) is 1.97. The summed E-state index contributed by atoms with van der Waals surface area (Å²) in [4.78, 5) is 3.99. The first-order valence-electron chi connectivity index (χ1n) is 5.10. The maximum Gasteiger partial charge on any atom is 0.0270 e. The number of hydrogen-bond donors (Lipinski definition) is 2. The second-order valence-corrected chi connectivity index (χ2v) is 3.52. The minimum Gasteiger partial charge on any atom is -0.318 e. The minimum absolute atomic E-state index is 0.529. The van der Waals surface area contributed by atoms with Crippen LogP contribution in [0, 0.1) is 0 Å². The Hall–Kier alpha value is -0.930. The number of nitrogens with one attached hydrogen (secondary N) is 2. The van der Waals surface area contributed by atoms with E-state index in [1.807, 2.05) is 19.4 Å². The molecule has 0 aromatic carbocycles. The van der Waals surface area contributed by atoms with Crippen molar-refractivity contribution in [3.05, 3.63) is 30.1 Å². The third-order valence-corrected chi connectivity index (χ3v) is 2.17. The van der Waals surface area contributed by atoms with E-state index in [0.29, 0.717) is 6.04 Å². The number of aromatic nitrogens is 1. The number of rotatable bonds is 6. The fourth-order valence-corrected chi connectivity index (χ4v) is 1.39. The lowest BCUT2D eigenvalue weighted by atomic mass is 10.2. The predicted octanol–water partition coefficient (Wildman–Crippen LogP) is 0.822. The lowest BCUT2D eigenvalue weighted by molar-refractivity contribution is 0.526. The zero-order valence-electron chi connectivity index (χ0n) is 8.96. The largest absolute Gasteiger partial charge is 0.318 e. The summed E-state index contributed by atoms with van der Waals surface area (Å²) in [5, 5.41) is 6.59. The Labute approximate surface area is 85.9 Å². The van der Waals surface area contributed by atoms with Gasteiger partial charge in [0.1, 0.15) is 0 Å². The van der Waals surface area contributed by atoms with Crippen LogP contribution in [0.25, 0.3) is 0 Å². The van der Waals surface area contributed by atoms with Crippen LogP contribution in [0.2, 0.25) is 0 Å². The van der Waals surface area contributed by atoms with Crippen LogP contribution in [0.4, 0.5) is 0 Å². The van der Waals surface area contributed by atoms with E-state index in [0.717, 1.165) is 19.5 Å². The molecule has 1 atom stereocenters. The molecule has 0 aliphatic carbocycles. The monoisotopic (exact) mass is 193 g/mol. The molecule has 3 nitrogen and oxygen atoms in total. The van der Waals surface area contributed by atoms with Gasteiger partial charge in [0.2, 0.25) is 0 Å². The first-order chi connectivity index (χ1) is 6.83. The zero-order chi connectivity index (χ0) is 10.2. The van der Waals surface area contributed by atoms with Crippen molar-refractivity contribution in [2.75, 3.05) is 20.1 Å². The molecule has 0 fully saturated rings. The average molecular weight is 193 g/mol. The summed E-state index contributed by atoms with van der Waals surface area (Å²) in [5.41, 5.74) is 1.34. The molecular weight excluding hydrogens is 174 g/mol. The molecule has 78 valence electrons. The highest BCUT2D eigenvalue weighted by molar-refractivity contribution is 5.09. The van der Waals surface area contributed by atoms with Crippen LogP contribution >= 0.6 is 0 Å². The molecule has 0 bridgehead atoms. The first-order valence-corrected chi connectivity index (χ1v) is 5.10. The fraction of sp³-hybridized carbons (Fsp3) is 0.545. The van der Waals surface area contributed by atoms with E-state index in [1.165, 1.54) is 5.56 Å². The molecule has 14 heavy (non-hydrogen) atoms. The van der Waals surface area contributed by atoms with Crippen molar-refractivity contribution in [2.24, 2.45) is 0 Å². The van der Waals surface area contributed by atoms with Gasteiger partial charge in [0.25, 0.3) is 0 Å². The normalized spacial score (nSPS) is 12.7. The Morgan fingerprint density at radius 3 is 2.71 bits per heavy atom. The highest BCUT2D eigenvalue weighted by Gasteiger charge is 1.98. The van der Waals surface area contributed by atoms with E-state index in [4.69, 9.17) is 0 Å². The van der Waals surface area contributed by atoms with Gasteiger partial charge in [0.05, 0.1) is 0 Å². The van der Waals surface area contributed by atoms with Gasteiger partial charge in [-0.05, 0) is 44.6 Å². The van der Waals surface area contributed by atoms with Crippen LogP contribution in [-0.2, 0) is 6.42 Å². The number of pyridine rings is 1. The summed E-state index contributed by atoms with van der Waals surface area (Å²) in [6.07, 6.45) is 4.75. The van der Waals surface area contributed by atoms with Gasteiger partial charge in [0.15, 0.2) is 0 Å². The second kappa shape index (κ2) is 6.51. The van der Waals surface area contributed by atoms with Crippen molar-refractivity contribution in [2.45, 2.75) is 19.4 Å². The standard InChI is InChI=1S/C11H19N3/c1-10(9-12-2)14-8-5-11-3-6-13-7-4-11/h3-4,6-7,10,12,14H,5,8-9H2,1-2H3. The van der Waals surface area contributed by atoms with Gasteiger partial charge in [0, 0.05) is 25.0 Å². The molecule has 0 spiro atoms. The summed E-state index contributed by atoms with van der Waals surface area (Å²) in [6, 6.07) is 4.65. The maximum absolute atomic E-state index is 3.99. The average Bonchev–Trinajstić information content (AvgIpc) is 2.20. The van der Waals surface area contributed by atoms with Crippen molar-refractivity contribution < 1.29 is 0 Å². The van der Waals surface area contributed by atoms with Crippen molar-refractivity contribution in [3.63, 3.8) is 0 Å². The molecule has 1 rings (SSSR count). The Bertz CT molecular complexity index is 236. The Kier molecular flexibility index (Phi) is 5.19. The van der Waals surface area contributed by atoms with Gasteiger partial charge in [-0.2, -0.15) is 0 Å².